The Morgan fingerprint density at radius 2 is 1.28 bits per heavy atom. The third kappa shape index (κ3) is 4.50. The van der Waals surface area contributed by atoms with Crippen molar-refractivity contribution in [2.45, 2.75) is 64.2 Å². The molecule has 0 saturated carbocycles. The number of amides is 2. The van der Waals surface area contributed by atoms with Gasteiger partial charge in [-0.25, -0.2) is 13.1 Å². The summed E-state index contributed by atoms with van der Waals surface area (Å²) in [5, 5.41) is 0. The summed E-state index contributed by atoms with van der Waals surface area (Å²) >= 11 is 0. The van der Waals surface area contributed by atoms with Crippen LogP contribution in [0, 0.1) is 0 Å². The van der Waals surface area contributed by atoms with Crippen LogP contribution in [-0.2, 0) is 10.0 Å². The summed E-state index contributed by atoms with van der Waals surface area (Å²) in [5.41, 5.74) is 3.39. The van der Waals surface area contributed by atoms with Crippen molar-refractivity contribution in [2.24, 2.45) is 0 Å². The van der Waals surface area contributed by atoms with Crippen LogP contribution in [0.2, 0.25) is 0 Å². The van der Waals surface area contributed by atoms with Gasteiger partial charge >= 0.3 is 0 Å². The molecule has 1 aliphatic rings. The van der Waals surface area contributed by atoms with E-state index < -0.39 is 21.8 Å². The molecule has 0 unspecified atom stereocenters. The maximum atomic E-state index is 13.4. The minimum Gasteiger partial charge on any atom is -0.273 e. The summed E-state index contributed by atoms with van der Waals surface area (Å²) in [4.78, 5) is 26.5. The second-order valence-corrected chi connectivity index (χ2v) is 10.9. The van der Waals surface area contributed by atoms with Gasteiger partial charge < -0.3 is 0 Å². The first-order valence-electron chi connectivity index (χ1n) is 11.1. The van der Waals surface area contributed by atoms with Crippen LogP contribution >= 0.6 is 0 Å². The molecule has 1 heterocycles. The van der Waals surface area contributed by atoms with Crippen molar-refractivity contribution in [3.8, 4) is 0 Å². The van der Waals surface area contributed by atoms with E-state index in [1.165, 1.54) is 0 Å². The summed E-state index contributed by atoms with van der Waals surface area (Å²) in [6, 6.07) is 10.6. The average molecular weight is 457 g/mol. The maximum absolute atomic E-state index is 13.4. The van der Waals surface area contributed by atoms with Gasteiger partial charge in [0, 0.05) is 13.1 Å². The minimum atomic E-state index is -3.85. The Morgan fingerprint density at radius 1 is 0.812 bits per heavy atom. The van der Waals surface area contributed by atoms with Gasteiger partial charge in [-0.1, -0.05) is 65.8 Å². The third-order valence-corrected chi connectivity index (χ3v) is 7.45. The van der Waals surface area contributed by atoms with E-state index >= 15 is 0 Å². The van der Waals surface area contributed by atoms with Crippen molar-refractivity contribution < 1.29 is 18.0 Å². The van der Waals surface area contributed by atoms with Gasteiger partial charge in [0.15, 0.2) is 0 Å². The smallest absolute Gasteiger partial charge is 0.261 e. The number of nitrogens with one attached hydrogen (secondary N) is 1. The lowest BCUT2D eigenvalue weighted by Crippen LogP contribution is -2.38. The molecule has 3 rings (SSSR count). The molecule has 2 amide bonds. The molecular weight excluding hydrogens is 424 g/mol. The molecule has 0 fully saturated rings. The average Bonchev–Trinajstić information content (AvgIpc) is 2.97. The number of hydrogen-bond donors (Lipinski definition) is 1. The molecule has 7 heteroatoms. The first-order valence-corrected chi connectivity index (χ1v) is 12.6. The van der Waals surface area contributed by atoms with Crippen molar-refractivity contribution >= 4 is 21.8 Å². The molecule has 0 spiro atoms. The number of imide groups is 1. The minimum absolute atomic E-state index is 0.0222. The number of hydrogen-bond acceptors (Lipinski definition) is 4. The number of benzene rings is 2. The molecule has 2 aromatic rings. The van der Waals surface area contributed by atoms with Crippen LogP contribution in [0.1, 0.15) is 96.7 Å². The highest BCUT2D eigenvalue weighted by Gasteiger charge is 2.35. The Balaban J connectivity index is 1.87. The number of carbonyl (C=O) groups is 2. The lowest BCUT2D eigenvalue weighted by Gasteiger charge is -2.23. The molecule has 6 nitrogen and oxygen atoms in total. The van der Waals surface area contributed by atoms with Crippen molar-refractivity contribution in [3.63, 3.8) is 0 Å². The summed E-state index contributed by atoms with van der Waals surface area (Å²) in [6.45, 7) is 12.1. The Kier molecular flexibility index (Phi) is 6.91. The highest BCUT2D eigenvalue weighted by atomic mass is 32.2. The molecule has 0 saturated heterocycles. The Labute approximate surface area is 191 Å². The monoisotopic (exact) mass is 456 g/mol. The van der Waals surface area contributed by atoms with Gasteiger partial charge in [0.1, 0.15) is 0 Å². The van der Waals surface area contributed by atoms with Gasteiger partial charge in [0.25, 0.3) is 11.8 Å². The number of carbonyl (C=O) groups excluding carboxylic acids is 2. The Hall–Kier alpha value is -2.51. The second kappa shape index (κ2) is 9.16. The van der Waals surface area contributed by atoms with E-state index in [-0.39, 0.29) is 30.8 Å². The van der Waals surface area contributed by atoms with Crippen LogP contribution in [0.5, 0.6) is 0 Å². The van der Waals surface area contributed by atoms with Gasteiger partial charge in [0.05, 0.1) is 16.0 Å². The van der Waals surface area contributed by atoms with Gasteiger partial charge in [-0.15, -0.1) is 0 Å². The lowest BCUT2D eigenvalue weighted by atomic mass is 9.89. The number of nitrogens with zero attached hydrogens (tertiary/aromatic N) is 1. The highest BCUT2D eigenvalue weighted by molar-refractivity contribution is 7.89. The van der Waals surface area contributed by atoms with E-state index in [0.717, 1.165) is 21.6 Å². The van der Waals surface area contributed by atoms with Crippen LogP contribution in [0.3, 0.4) is 0 Å². The molecule has 32 heavy (non-hydrogen) atoms. The fourth-order valence-electron chi connectivity index (χ4n) is 4.01. The second-order valence-electron chi connectivity index (χ2n) is 9.20. The zero-order chi connectivity index (χ0) is 23.8. The van der Waals surface area contributed by atoms with Gasteiger partial charge in [0.2, 0.25) is 10.0 Å². The molecule has 0 radical (unpaired) electrons. The first-order chi connectivity index (χ1) is 15.0. The summed E-state index contributed by atoms with van der Waals surface area (Å²) in [7, 11) is -3.85. The molecule has 0 aromatic heterocycles. The van der Waals surface area contributed by atoms with Crippen molar-refractivity contribution in [2.75, 3.05) is 13.1 Å². The number of rotatable bonds is 8. The molecule has 0 bridgehead atoms. The largest absolute Gasteiger partial charge is 0.273 e. The van der Waals surface area contributed by atoms with E-state index in [4.69, 9.17) is 0 Å². The first kappa shape index (κ1) is 24.1. The predicted octanol–water partition coefficient (Wildman–Crippen LogP) is 4.63. The quantitative estimate of drug-likeness (QED) is 0.587. The Morgan fingerprint density at radius 3 is 1.69 bits per heavy atom. The van der Waals surface area contributed by atoms with Crippen LogP contribution in [-0.4, -0.2) is 38.2 Å². The van der Waals surface area contributed by atoms with E-state index in [1.54, 1.807) is 24.3 Å². The normalized spacial score (nSPS) is 14.2. The van der Waals surface area contributed by atoms with Crippen molar-refractivity contribution in [3.05, 3.63) is 64.2 Å². The molecule has 1 N–H and O–H groups in total. The Bertz CT molecular complexity index is 1090. The van der Waals surface area contributed by atoms with Crippen LogP contribution in [0.4, 0.5) is 0 Å². The third-order valence-electron chi connectivity index (χ3n) is 5.85. The SMILES string of the molecule is CC(C)c1cc(C(C)C)c(S(=O)(=O)NCCN2C(=O)c3ccccc3C2=O)c(C(C)C)c1. The predicted molar refractivity (Wildman–Crippen MR) is 126 cm³/mol. The number of sulfonamides is 1. The van der Waals surface area contributed by atoms with Crippen molar-refractivity contribution in [1.82, 2.24) is 9.62 Å². The highest BCUT2D eigenvalue weighted by Crippen LogP contribution is 2.35. The van der Waals surface area contributed by atoms with Crippen LogP contribution in [0.15, 0.2) is 41.3 Å². The topological polar surface area (TPSA) is 83.6 Å². The summed E-state index contributed by atoms with van der Waals surface area (Å²) in [5.74, 6) is -0.458. The standard InChI is InChI=1S/C25H32N2O4S/c1-15(2)18-13-21(16(3)4)23(22(14-18)17(5)6)32(30,31)26-11-12-27-24(28)19-9-7-8-10-20(19)25(27)29/h7-10,13-17,26H,11-12H2,1-6H3. The maximum Gasteiger partial charge on any atom is 0.261 e. The molecule has 172 valence electrons. The van der Waals surface area contributed by atoms with Gasteiger partial charge in [-0.2, -0.15) is 0 Å². The van der Waals surface area contributed by atoms with Crippen LogP contribution in [0.25, 0.3) is 0 Å². The zero-order valence-electron chi connectivity index (χ0n) is 19.6. The van der Waals surface area contributed by atoms with E-state index in [0.29, 0.717) is 16.0 Å². The molecule has 0 atom stereocenters. The van der Waals surface area contributed by atoms with Crippen LogP contribution < -0.4 is 4.72 Å². The number of fused-ring (bicyclic) bond motifs is 1. The van der Waals surface area contributed by atoms with E-state index in [2.05, 4.69) is 18.6 Å². The van der Waals surface area contributed by atoms with Crippen molar-refractivity contribution in [1.29, 1.82) is 0 Å². The van der Waals surface area contributed by atoms with E-state index in [1.807, 2.05) is 39.8 Å². The fraction of sp³-hybridized carbons (Fsp3) is 0.440. The fourth-order valence-corrected chi connectivity index (χ4v) is 5.72. The van der Waals surface area contributed by atoms with Gasteiger partial charge in [-0.3, -0.25) is 14.5 Å². The van der Waals surface area contributed by atoms with E-state index in [9.17, 15) is 18.0 Å². The molecule has 0 aliphatic carbocycles. The summed E-state index contributed by atoms with van der Waals surface area (Å²) < 4.78 is 29.5. The van der Waals surface area contributed by atoms with Gasteiger partial charge in [-0.05, 0) is 46.6 Å². The lowest BCUT2D eigenvalue weighted by molar-refractivity contribution is 0.0657. The molecular formula is C25H32N2O4S. The molecule has 1 aliphatic heterocycles. The summed E-state index contributed by atoms with van der Waals surface area (Å²) in [6.07, 6.45) is 0. The zero-order valence-corrected chi connectivity index (χ0v) is 20.4. The molecule has 2 aromatic carbocycles.